The lowest BCUT2D eigenvalue weighted by molar-refractivity contribution is 0.0692. The van der Waals surface area contributed by atoms with Gasteiger partial charge in [0.1, 0.15) is 5.03 Å². The lowest BCUT2D eigenvalue weighted by Gasteiger charge is -2.06. The Bertz CT molecular complexity index is 382. The molecular formula is C11H14BrNO2S. The zero-order valence-electron chi connectivity index (χ0n) is 9.24. The Kier molecular flexibility index (Phi) is 5.28. The largest absolute Gasteiger partial charge is 0.478 e. The Hall–Kier alpha value is -0.550. The van der Waals surface area contributed by atoms with Crippen molar-refractivity contribution in [3.63, 3.8) is 0 Å². The second-order valence-electron chi connectivity index (χ2n) is 3.84. The van der Waals surface area contributed by atoms with Crippen molar-refractivity contribution in [3.8, 4) is 0 Å². The molecule has 0 aliphatic carbocycles. The normalized spacial score (nSPS) is 10.8. The maximum absolute atomic E-state index is 11.0. The van der Waals surface area contributed by atoms with Gasteiger partial charge in [-0.3, -0.25) is 0 Å². The van der Waals surface area contributed by atoms with Crippen LogP contribution in [0.5, 0.6) is 0 Å². The fraction of sp³-hybridized carbons (Fsp3) is 0.455. The number of carboxylic acids is 1. The number of aromatic nitrogens is 1. The predicted molar refractivity (Wildman–Crippen MR) is 69.1 cm³/mol. The van der Waals surface area contributed by atoms with E-state index in [-0.39, 0.29) is 5.56 Å². The molecule has 1 aromatic heterocycles. The fourth-order valence-electron chi connectivity index (χ4n) is 1.09. The van der Waals surface area contributed by atoms with Crippen LogP contribution >= 0.6 is 27.7 Å². The molecule has 0 aromatic carbocycles. The van der Waals surface area contributed by atoms with Gasteiger partial charge in [-0.2, -0.15) is 0 Å². The van der Waals surface area contributed by atoms with Crippen LogP contribution in [-0.2, 0) is 0 Å². The molecule has 0 amide bonds. The van der Waals surface area contributed by atoms with Crippen LogP contribution in [-0.4, -0.2) is 21.8 Å². The summed E-state index contributed by atoms with van der Waals surface area (Å²) < 4.78 is 0.693. The fourth-order valence-corrected chi connectivity index (χ4v) is 2.63. The molecule has 1 N–H and O–H groups in total. The zero-order chi connectivity index (χ0) is 12.1. The van der Waals surface area contributed by atoms with E-state index in [4.69, 9.17) is 5.11 Å². The van der Waals surface area contributed by atoms with E-state index < -0.39 is 5.97 Å². The highest BCUT2D eigenvalue weighted by atomic mass is 79.9. The third-order valence-corrected chi connectivity index (χ3v) is 3.45. The third kappa shape index (κ3) is 4.14. The number of halogens is 1. The van der Waals surface area contributed by atoms with Gasteiger partial charge in [-0.1, -0.05) is 13.8 Å². The minimum Gasteiger partial charge on any atom is -0.478 e. The summed E-state index contributed by atoms with van der Waals surface area (Å²) in [5, 5.41) is 9.62. The van der Waals surface area contributed by atoms with Crippen molar-refractivity contribution in [1.29, 1.82) is 0 Å². The van der Waals surface area contributed by atoms with Crippen LogP contribution in [0.1, 0.15) is 30.6 Å². The van der Waals surface area contributed by atoms with Gasteiger partial charge in [0.25, 0.3) is 0 Å². The van der Waals surface area contributed by atoms with E-state index in [0.717, 1.165) is 12.2 Å². The monoisotopic (exact) mass is 303 g/mol. The van der Waals surface area contributed by atoms with E-state index in [1.165, 1.54) is 11.8 Å². The van der Waals surface area contributed by atoms with Crippen molar-refractivity contribution in [1.82, 2.24) is 4.98 Å². The lowest BCUT2D eigenvalue weighted by atomic mass is 10.2. The van der Waals surface area contributed by atoms with Crippen molar-refractivity contribution in [2.45, 2.75) is 25.3 Å². The zero-order valence-corrected chi connectivity index (χ0v) is 11.6. The maximum Gasteiger partial charge on any atom is 0.338 e. The number of aromatic carboxylic acids is 1. The Morgan fingerprint density at radius 2 is 2.31 bits per heavy atom. The molecular weight excluding hydrogens is 290 g/mol. The number of rotatable bonds is 5. The van der Waals surface area contributed by atoms with Crippen molar-refractivity contribution >= 4 is 33.7 Å². The minimum atomic E-state index is -0.930. The van der Waals surface area contributed by atoms with Gasteiger partial charge >= 0.3 is 5.97 Å². The standard InChI is InChI=1S/C11H14BrNO2S/c1-7(2)3-4-16-10-9(11(14)15)5-8(12)6-13-10/h5-7H,3-4H2,1-2H3,(H,14,15). The number of nitrogens with zero attached hydrogens (tertiary/aromatic N) is 1. The van der Waals surface area contributed by atoms with Gasteiger partial charge < -0.3 is 5.11 Å². The van der Waals surface area contributed by atoms with Gasteiger partial charge in [-0.05, 0) is 40.1 Å². The number of thioether (sulfide) groups is 1. The Morgan fingerprint density at radius 3 is 2.88 bits per heavy atom. The topological polar surface area (TPSA) is 50.2 Å². The van der Waals surface area contributed by atoms with Gasteiger partial charge in [0.2, 0.25) is 0 Å². The minimum absolute atomic E-state index is 0.267. The summed E-state index contributed by atoms with van der Waals surface area (Å²) in [5.74, 6) is 0.587. The van der Waals surface area contributed by atoms with Crippen LogP contribution in [0.15, 0.2) is 21.8 Å². The highest BCUT2D eigenvalue weighted by molar-refractivity contribution is 9.10. The SMILES string of the molecule is CC(C)CCSc1ncc(Br)cc1C(=O)O. The molecule has 0 saturated heterocycles. The van der Waals surface area contributed by atoms with Gasteiger partial charge in [0.15, 0.2) is 0 Å². The number of pyridine rings is 1. The summed E-state index contributed by atoms with van der Waals surface area (Å²) in [4.78, 5) is 15.1. The lowest BCUT2D eigenvalue weighted by Crippen LogP contribution is -2.01. The highest BCUT2D eigenvalue weighted by Gasteiger charge is 2.12. The molecule has 0 bridgehead atoms. The Morgan fingerprint density at radius 1 is 1.62 bits per heavy atom. The van der Waals surface area contributed by atoms with E-state index in [9.17, 15) is 4.79 Å². The second-order valence-corrected chi connectivity index (χ2v) is 5.84. The molecule has 0 aliphatic rings. The average Bonchev–Trinajstić information content (AvgIpc) is 2.19. The molecule has 3 nitrogen and oxygen atoms in total. The molecule has 0 fully saturated rings. The van der Waals surface area contributed by atoms with Crippen LogP contribution < -0.4 is 0 Å². The van der Waals surface area contributed by atoms with Crippen LogP contribution in [0, 0.1) is 5.92 Å². The molecule has 0 radical (unpaired) electrons. The van der Waals surface area contributed by atoms with E-state index in [0.29, 0.717) is 15.4 Å². The molecule has 16 heavy (non-hydrogen) atoms. The Balaban J connectivity index is 2.75. The van der Waals surface area contributed by atoms with Crippen LogP contribution in [0.4, 0.5) is 0 Å². The molecule has 1 heterocycles. The smallest absolute Gasteiger partial charge is 0.338 e. The quantitative estimate of drug-likeness (QED) is 0.843. The molecule has 0 atom stereocenters. The van der Waals surface area contributed by atoms with E-state index in [1.54, 1.807) is 12.3 Å². The number of carbonyl (C=O) groups is 1. The van der Waals surface area contributed by atoms with Crippen LogP contribution in [0.2, 0.25) is 0 Å². The van der Waals surface area contributed by atoms with E-state index in [2.05, 4.69) is 34.8 Å². The van der Waals surface area contributed by atoms with Crippen molar-refractivity contribution < 1.29 is 9.90 Å². The summed E-state index contributed by atoms with van der Waals surface area (Å²) in [6.45, 7) is 4.29. The first kappa shape index (κ1) is 13.5. The van der Waals surface area contributed by atoms with Crippen LogP contribution in [0.25, 0.3) is 0 Å². The van der Waals surface area contributed by atoms with E-state index in [1.807, 2.05) is 0 Å². The molecule has 1 rings (SSSR count). The Labute approximate surface area is 108 Å². The van der Waals surface area contributed by atoms with Gasteiger partial charge in [-0.25, -0.2) is 9.78 Å². The van der Waals surface area contributed by atoms with Gasteiger partial charge in [0.05, 0.1) is 5.56 Å². The van der Waals surface area contributed by atoms with Gasteiger partial charge in [0, 0.05) is 10.7 Å². The molecule has 0 aliphatic heterocycles. The van der Waals surface area contributed by atoms with Crippen LogP contribution in [0.3, 0.4) is 0 Å². The summed E-state index contributed by atoms with van der Waals surface area (Å²) in [6.07, 6.45) is 2.69. The summed E-state index contributed by atoms with van der Waals surface area (Å²) >= 11 is 4.72. The molecule has 1 aromatic rings. The highest BCUT2D eigenvalue weighted by Crippen LogP contribution is 2.24. The third-order valence-electron chi connectivity index (χ3n) is 1.98. The summed E-state index contributed by atoms with van der Waals surface area (Å²) in [6, 6.07) is 1.59. The first-order chi connectivity index (χ1) is 7.50. The number of hydrogen-bond donors (Lipinski definition) is 1. The van der Waals surface area contributed by atoms with Gasteiger partial charge in [-0.15, -0.1) is 11.8 Å². The van der Waals surface area contributed by atoms with Crippen molar-refractivity contribution in [2.75, 3.05) is 5.75 Å². The number of hydrogen-bond acceptors (Lipinski definition) is 3. The second kappa shape index (κ2) is 6.25. The molecule has 5 heteroatoms. The first-order valence-corrected chi connectivity index (χ1v) is 6.80. The summed E-state index contributed by atoms with van der Waals surface area (Å²) in [7, 11) is 0. The summed E-state index contributed by atoms with van der Waals surface area (Å²) in [5.41, 5.74) is 0.267. The molecule has 0 spiro atoms. The first-order valence-electron chi connectivity index (χ1n) is 5.02. The molecule has 0 saturated carbocycles. The predicted octanol–water partition coefficient (Wildman–Crippen LogP) is 3.68. The van der Waals surface area contributed by atoms with Crippen molar-refractivity contribution in [2.24, 2.45) is 5.92 Å². The molecule has 88 valence electrons. The average molecular weight is 304 g/mol. The number of carboxylic acid groups (broad SMARTS) is 1. The molecule has 0 unspecified atom stereocenters. The maximum atomic E-state index is 11.0. The van der Waals surface area contributed by atoms with Crippen molar-refractivity contribution in [3.05, 3.63) is 22.3 Å². The van der Waals surface area contributed by atoms with E-state index >= 15 is 0 Å².